The van der Waals surface area contributed by atoms with Gasteiger partial charge in [0.1, 0.15) is 5.82 Å². The fourth-order valence-electron chi connectivity index (χ4n) is 2.31. The van der Waals surface area contributed by atoms with Gasteiger partial charge in [0, 0.05) is 37.4 Å². The number of morpholine rings is 1. The van der Waals surface area contributed by atoms with E-state index in [-0.39, 0.29) is 12.0 Å². The minimum absolute atomic E-state index is 0.0124. The van der Waals surface area contributed by atoms with Crippen LogP contribution < -0.4 is 10.6 Å². The third-order valence-corrected chi connectivity index (χ3v) is 4.04. The second-order valence-corrected chi connectivity index (χ2v) is 6.00. The third-order valence-electron chi connectivity index (χ3n) is 3.35. The van der Waals surface area contributed by atoms with Crippen molar-refractivity contribution in [3.8, 4) is 0 Å². The van der Waals surface area contributed by atoms with Crippen molar-refractivity contribution in [3.05, 3.63) is 29.9 Å². The molecular formula is C14H18N6O2S. The highest BCUT2D eigenvalue weighted by Crippen LogP contribution is 2.11. The highest BCUT2D eigenvalue weighted by atomic mass is 32.1. The summed E-state index contributed by atoms with van der Waals surface area (Å²) >= 11 is 1.41. The van der Waals surface area contributed by atoms with Crippen LogP contribution >= 0.6 is 11.3 Å². The zero-order valence-corrected chi connectivity index (χ0v) is 13.3. The molecule has 0 bridgehead atoms. The van der Waals surface area contributed by atoms with Crippen LogP contribution in [0.3, 0.4) is 0 Å². The molecule has 1 fully saturated rings. The number of hydrogen-bond donors (Lipinski definition) is 2. The molecule has 0 aromatic carbocycles. The zero-order valence-electron chi connectivity index (χ0n) is 12.5. The number of aromatic nitrogens is 3. The summed E-state index contributed by atoms with van der Waals surface area (Å²) in [4.78, 5) is 18.1. The Hall–Kier alpha value is -2.10. The fourth-order valence-corrected chi connectivity index (χ4v) is 2.85. The molecule has 9 heteroatoms. The van der Waals surface area contributed by atoms with E-state index in [0.717, 1.165) is 12.4 Å². The Bertz CT molecular complexity index is 609. The van der Waals surface area contributed by atoms with Crippen molar-refractivity contribution in [3.63, 3.8) is 0 Å². The molecule has 1 atom stereocenters. The first-order chi connectivity index (χ1) is 11.3. The summed E-state index contributed by atoms with van der Waals surface area (Å²) < 4.78 is 5.72. The van der Waals surface area contributed by atoms with E-state index in [4.69, 9.17) is 4.74 Å². The third kappa shape index (κ3) is 4.95. The van der Waals surface area contributed by atoms with E-state index >= 15 is 0 Å². The number of ether oxygens (including phenoxy) is 1. The Labute approximate surface area is 137 Å². The molecule has 1 saturated heterocycles. The monoisotopic (exact) mass is 334 g/mol. The predicted octanol–water partition coefficient (Wildman–Crippen LogP) is 0.684. The normalized spacial score (nSPS) is 18.5. The molecule has 1 aliphatic rings. The van der Waals surface area contributed by atoms with E-state index in [1.165, 1.54) is 11.3 Å². The summed E-state index contributed by atoms with van der Waals surface area (Å²) in [6.07, 6.45) is 3.31. The largest absolute Gasteiger partial charge is 0.374 e. The SMILES string of the molecule is O=C(CN1CCOC(CNc2cccnn2)C1)Nc1nccs1. The number of nitrogens with zero attached hydrogens (tertiary/aromatic N) is 4. The highest BCUT2D eigenvalue weighted by molar-refractivity contribution is 7.13. The lowest BCUT2D eigenvalue weighted by Gasteiger charge is -2.32. The summed E-state index contributed by atoms with van der Waals surface area (Å²) in [5.74, 6) is 0.664. The van der Waals surface area contributed by atoms with Crippen molar-refractivity contribution in [1.82, 2.24) is 20.1 Å². The molecule has 1 unspecified atom stereocenters. The van der Waals surface area contributed by atoms with Gasteiger partial charge in [0.05, 0.1) is 19.3 Å². The van der Waals surface area contributed by atoms with E-state index in [9.17, 15) is 4.79 Å². The summed E-state index contributed by atoms with van der Waals surface area (Å²) in [7, 11) is 0. The Morgan fingerprint density at radius 3 is 3.22 bits per heavy atom. The number of carbonyl (C=O) groups is 1. The topological polar surface area (TPSA) is 92.3 Å². The summed E-state index contributed by atoms with van der Waals surface area (Å²) in [5, 5.41) is 16.2. The van der Waals surface area contributed by atoms with Crippen molar-refractivity contribution in [1.29, 1.82) is 0 Å². The molecule has 2 aromatic rings. The second kappa shape index (κ2) is 7.95. The van der Waals surface area contributed by atoms with Gasteiger partial charge in [-0.05, 0) is 12.1 Å². The van der Waals surface area contributed by atoms with Crippen molar-refractivity contribution in [2.45, 2.75) is 6.10 Å². The van der Waals surface area contributed by atoms with E-state index < -0.39 is 0 Å². The minimum Gasteiger partial charge on any atom is -0.374 e. The molecule has 3 heterocycles. The van der Waals surface area contributed by atoms with Crippen LogP contribution in [-0.4, -0.2) is 64.9 Å². The van der Waals surface area contributed by atoms with Gasteiger partial charge in [0.15, 0.2) is 5.13 Å². The molecule has 8 nitrogen and oxygen atoms in total. The molecule has 3 rings (SSSR count). The maximum Gasteiger partial charge on any atom is 0.240 e. The summed E-state index contributed by atoms with van der Waals surface area (Å²) in [5.41, 5.74) is 0. The molecular weight excluding hydrogens is 316 g/mol. The van der Waals surface area contributed by atoms with Crippen molar-refractivity contribution < 1.29 is 9.53 Å². The van der Waals surface area contributed by atoms with Crippen LogP contribution in [0, 0.1) is 0 Å². The van der Waals surface area contributed by atoms with Crippen molar-refractivity contribution >= 4 is 28.2 Å². The molecule has 122 valence electrons. The Kier molecular flexibility index (Phi) is 5.46. The van der Waals surface area contributed by atoms with Gasteiger partial charge in [0.25, 0.3) is 0 Å². The number of hydrogen-bond acceptors (Lipinski definition) is 8. The van der Waals surface area contributed by atoms with Gasteiger partial charge >= 0.3 is 0 Å². The maximum absolute atomic E-state index is 12.0. The standard InChI is InChI=1S/C14H18N6O2S/c21-13(18-14-15-4-7-23-14)10-20-5-6-22-11(9-20)8-16-12-2-1-3-17-19-12/h1-4,7,11H,5-6,8-10H2,(H,16,19)(H,15,18,21). The van der Waals surface area contributed by atoms with E-state index in [2.05, 4.69) is 30.7 Å². The van der Waals surface area contributed by atoms with Crippen molar-refractivity contribution in [2.75, 3.05) is 43.4 Å². The average Bonchev–Trinajstić information content (AvgIpc) is 3.07. The summed E-state index contributed by atoms with van der Waals surface area (Å²) in [6, 6.07) is 3.68. The smallest absolute Gasteiger partial charge is 0.240 e. The Morgan fingerprint density at radius 2 is 2.43 bits per heavy atom. The number of nitrogens with one attached hydrogen (secondary N) is 2. The Morgan fingerprint density at radius 1 is 1.48 bits per heavy atom. The van der Waals surface area contributed by atoms with Crippen LogP contribution in [-0.2, 0) is 9.53 Å². The van der Waals surface area contributed by atoms with Gasteiger partial charge in [-0.2, -0.15) is 5.10 Å². The van der Waals surface area contributed by atoms with Gasteiger partial charge in [-0.1, -0.05) is 0 Å². The molecule has 1 amide bonds. The minimum atomic E-state index is -0.0533. The highest BCUT2D eigenvalue weighted by Gasteiger charge is 2.22. The molecule has 2 aromatic heterocycles. The number of rotatable bonds is 6. The fraction of sp³-hybridized carbons (Fsp3) is 0.429. The molecule has 0 radical (unpaired) electrons. The molecule has 0 saturated carbocycles. The average molecular weight is 334 g/mol. The first kappa shape index (κ1) is 15.8. The molecule has 2 N–H and O–H groups in total. The number of thiazole rings is 1. The predicted molar refractivity (Wildman–Crippen MR) is 87.4 cm³/mol. The molecule has 0 aliphatic carbocycles. The van der Waals surface area contributed by atoms with Crippen LogP contribution in [0.5, 0.6) is 0 Å². The molecule has 1 aliphatic heterocycles. The van der Waals surface area contributed by atoms with E-state index in [1.54, 1.807) is 12.4 Å². The first-order valence-corrected chi connectivity index (χ1v) is 8.22. The lowest BCUT2D eigenvalue weighted by Crippen LogP contribution is -2.47. The van der Waals surface area contributed by atoms with Gasteiger partial charge in [0.2, 0.25) is 5.91 Å². The van der Waals surface area contributed by atoms with Gasteiger partial charge in [-0.15, -0.1) is 16.4 Å². The van der Waals surface area contributed by atoms with Gasteiger partial charge in [-0.3, -0.25) is 9.69 Å². The van der Waals surface area contributed by atoms with Crippen LogP contribution in [0.1, 0.15) is 0 Å². The van der Waals surface area contributed by atoms with Crippen molar-refractivity contribution in [2.24, 2.45) is 0 Å². The quantitative estimate of drug-likeness (QED) is 0.803. The molecule has 23 heavy (non-hydrogen) atoms. The number of amides is 1. The Balaban J connectivity index is 1.43. The van der Waals surface area contributed by atoms with Gasteiger partial charge < -0.3 is 15.4 Å². The molecule has 0 spiro atoms. The van der Waals surface area contributed by atoms with Crippen LogP contribution in [0.4, 0.5) is 10.9 Å². The summed E-state index contributed by atoms with van der Waals surface area (Å²) in [6.45, 7) is 3.01. The van der Waals surface area contributed by atoms with Crippen LogP contribution in [0.25, 0.3) is 0 Å². The lowest BCUT2D eigenvalue weighted by molar-refractivity contribution is -0.119. The van der Waals surface area contributed by atoms with Gasteiger partial charge in [-0.25, -0.2) is 4.98 Å². The van der Waals surface area contributed by atoms with Crippen LogP contribution in [0.15, 0.2) is 29.9 Å². The maximum atomic E-state index is 12.0. The van der Waals surface area contributed by atoms with E-state index in [1.807, 2.05) is 17.5 Å². The number of anilines is 2. The number of carbonyl (C=O) groups excluding carboxylic acids is 1. The van der Waals surface area contributed by atoms with Crippen LogP contribution in [0.2, 0.25) is 0 Å². The lowest BCUT2D eigenvalue weighted by atomic mass is 10.2. The zero-order chi connectivity index (χ0) is 15.9. The van der Waals surface area contributed by atoms with E-state index in [0.29, 0.717) is 31.4 Å². The second-order valence-electron chi connectivity index (χ2n) is 5.10. The first-order valence-electron chi connectivity index (χ1n) is 7.34.